The van der Waals surface area contributed by atoms with E-state index in [4.69, 9.17) is 5.73 Å². The molecule has 0 saturated heterocycles. The highest BCUT2D eigenvalue weighted by Crippen LogP contribution is 2.30. The Morgan fingerprint density at radius 3 is 2.52 bits per heavy atom. The summed E-state index contributed by atoms with van der Waals surface area (Å²) in [5, 5.41) is 18.8. The number of hydrogen-bond donors (Lipinski definition) is 3. The molecular formula is C16H24N2O3. The van der Waals surface area contributed by atoms with Crippen LogP contribution in [0.3, 0.4) is 0 Å². The molecule has 1 aromatic rings. The van der Waals surface area contributed by atoms with Gasteiger partial charge in [0, 0.05) is 12.6 Å². The van der Waals surface area contributed by atoms with E-state index >= 15 is 0 Å². The summed E-state index contributed by atoms with van der Waals surface area (Å²) in [6, 6.07) is 4.03. The number of hydrogen-bond acceptors (Lipinski definition) is 4. The third-order valence-electron chi connectivity index (χ3n) is 3.87. The molecule has 0 radical (unpaired) electrons. The minimum absolute atomic E-state index is 0.0514. The monoisotopic (exact) mass is 292 g/mol. The van der Waals surface area contributed by atoms with Crippen molar-refractivity contribution < 1.29 is 15.0 Å². The van der Waals surface area contributed by atoms with Crippen LogP contribution in [0.15, 0.2) is 18.2 Å². The summed E-state index contributed by atoms with van der Waals surface area (Å²) in [6.45, 7) is 4.78. The number of carbonyl (C=O) groups excluding carboxylic acids is 1. The van der Waals surface area contributed by atoms with Crippen LogP contribution in [0.1, 0.15) is 32.3 Å². The molecule has 2 rings (SSSR count). The van der Waals surface area contributed by atoms with Crippen LogP contribution >= 0.6 is 0 Å². The van der Waals surface area contributed by atoms with Crippen LogP contribution in [0.4, 0.5) is 0 Å². The Morgan fingerprint density at radius 2 is 2.00 bits per heavy atom. The third kappa shape index (κ3) is 4.11. The number of rotatable bonds is 6. The van der Waals surface area contributed by atoms with Crippen LogP contribution in [-0.4, -0.2) is 39.6 Å². The number of nitrogens with zero attached hydrogens (tertiary/aromatic N) is 1. The Hall–Kier alpha value is -1.75. The van der Waals surface area contributed by atoms with E-state index in [0.717, 1.165) is 12.1 Å². The SMILES string of the molecule is CC(C)N(CC1CC1)C(=O)[C@@H](N)Cc1ccc(O)c(O)c1. The highest BCUT2D eigenvalue weighted by atomic mass is 16.3. The molecule has 4 N–H and O–H groups in total. The summed E-state index contributed by atoms with van der Waals surface area (Å²) in [6.07, 6.45) is 2.73. The fraction of sp³-hybridized carbons (Fsp3) is 0.562. The largest absolute Gasteiger partial charge is 0.504 e. The molecule has 1 amide bonds. The fourth-order valence-electron chi connectivity index (χ4n) is 2.38. The van der Waals surface area contributed by atoms with Gasteiger partial charge in [-0.05, 0) is 56.7 Å². The normalized spacial score (nSPS) is 16.0. The molecule has 5 heteroatoms. The summed E-state index contributed by atoms with van der Waals surface area (Å²) >= 11 is 0. The van der Waals surface area contributed by atoms with Gasteiger partial charge in [-0.15, -0.1) is 0 Å². The van der Waals surface area contributed by atoms with Crippen LogP contribution in [0.2, 0.25) is 0 Å². The van der Waals surface area contributed by atoms with E-state index in [9.17, 15) is 15.0 Å². The standard InChI is InChI=1S/C16H24N2O3/c1-10(2)18(9-11-3-4-11)16(21)13(17)7-12-5-6-14(19)15(20)8-12/h5-6,8,10-11,13,19-20H,3-4,7,9,17H2,1-2H3/t13-/m0/s1. The number of carbonyl (C=O) groups is 1. The van der Waals surface area contributed by atoms with Gasteiger partial charge in [0.05, 0.1) is 6.04 Å². The van der Waals surface area contributed by atoms with Crippen LogP contribution in [0.5, 0.6) is 11.5 Å². The summed E-state index contributed by atoms with van der Waals surface area (Å²) in [7, 11) is 0. The van der Waals surface area contributed by atoms with Crippen LogP contribution in [0, 0.1) is 5.92 Å². The van der Waals surface area contributed by atoms with Gasteiger partial charge in [-0.2, -0.15) is 0 Å². The average molecular weight is 292 g/mol. The highest BCUT2D eigenvalue weighted by Gasteiger charge is 2.30. The van der Waals surface area contributed by atoms with Gasteiger partial charge in [0.15, 0.2) is 11.5 Å². The van der Waals surface area contributed by atoms with Gasteiger partial charge in [-0.1, -0.05) is 6.07 Å². The molecule has 0 bridgehead atoms. The quantitative estimate of drug-likeness (QED) is 0.695. The van der Waals surface area contributed by atoms with Crippen molar-refractivity contribution in [1.82, 2.24) is 4.90 Å². The molecule has 5 nitrogen and oxygen atoms in total. The van der Waals surface area contributed by atoms with Crippen LogP contribution in [0.25, 0.3) is 0 Å². The Balaban J connectivity index is 2.01. The first kappa shape index (κ1) is 15.6. The average Bonchev–Trinajstić information content (AvgIpc) is 3.23. The second-order valence-corrected chi connectivity index (χ2v) is 6.16. The summed E-state index contributed by atoms with van der Waals surface area (Å²) < 4.78 is 0. The predicted molar refractivity (Wildman–Crippen MR) is 81.0 cm³/mol. The zero-order valence-corrected chi connectivity index (χ0v) is 12.6. The molecule has 116 valence electrons. The number of amides is 1. The van der Waals surface area contributed by atoms with Gasteiger partial charge in [0.1, 0.15) is 0 Å². The summed E-state index contributed by atoms with van der Waals surface area (Å²) in [5.74, 6) is 0.216. The van der Waals surface area contributed by atoms with Crippen molar-refractivity contribution in [2.45, 2.75) is 45.2 Å². The molecule has 1 aliphatic rings. The molecule has 1 aliphatic carbocycles. The molecule has 21 heavy (non-hydrogen) atoms. The molecule has 0 spiro atoms. The topological polar surface area (TPSA) is 86.8 Å². The maximum Gasteiger partial charge on any atom is 0.240 e. The molecular weight excluding hydrogens is 268 g/mol. The zero-order valence-electron chi connectivity index (χ0n) is 12.6. The molecule has 0 unspecified atom stereocenters. The number of nitrogens with two attached hydrogens (primary N) is 1. The molecule has 0 heterocycles. The second kappa shape index (κ2) is 6.35. The van der Waals surface area contributed by atoms with Crippen molar-refractivity contribution in [3.63, 3.8) is 0 Å². The van der Waals surface area contributed by atoms with E-state index in [2.05, 4.69) is 0 Å². The van der Waals surface area contributed by atoms with E-state index in [0.29, 0.717) is 12.3 Å². The molecule has 0 aromatic heterocycles. The zero-order chi connectivity index (χ0) is 15.6. The molecule has 1 aromatic carbocycles. The van der Waals surface area contributed by atoms with Gasteiger partial charge in [-0.25, -0.2) is 0 Å². The van der Waals surface area contributed by atoms with Crippen molar-refractivity contribution in [3.05, 3.63) is 23.8 Å². The van der Waals surface area contributed by atoms with Crippen molar-refractivity contribution in [3.8, 4) is 11.5 Å². The van der Waals surface area contributed by atoms with Gasteiger partial charge >= 0.3 is 0 Å². The first-order valence-corrected chi connectivity index (χ1v) is 7.45. The lowest BCUT2D eigenvalue weighted by atomic mass is 10.0. The third-order valence-corrected chi connectivity index (χ3v) is 3.87. The minimum atomic E-state index is -0.630. The van der Waals surface area contributed by atoms with E-state index in [1.165, 1.54) is 25.0 Å². The molecule has 1 atom stereocenters. The van der Waals surface area contributed by atoms with E-state index in [-0.39, 0.29) is 23.4 Å². The van der Waals surface area contributed by atoms with Gasteiger partial charge < -0.3 is 20.8 Å². The summed E-state index contributed by atoms with van der Waals surface area (Å²) in [4.78, 5) is 14.3. The highest BCUT2D eigenvalue weighted by molar-refractivity contribution is 5.82. The first-order chi connectivity index (χ1) is 9.88. The smallest absolute Gasteiger partial charge is 0.240 e. The Labute approximate surface area is 125 Å². The lowest BCUT2D eigenvalue weighted by molar-refractivity contribution is -0.134. The van der Waals surface area contributed by atoms with Crippen molar-refractivity contribution in [2.24, 2.45) is 11.7 Å². The van der Waals surface area contributed by atoms with Crippen LogP contribution < -0.4 is 5.73 Å². The van der Waals surface area contributed by atoms with E-state index in [1.54, 1.807) is 6.07 Å². The Morgan fingerprint density at radius 1 is 1.33 bits per heavy atom. The molecule has 1 fully saturated rings. The fourth-order valence-corrected chi connectivity index (χ4v) is 2.38. The number of benzene rings is 1. The lowest BCUT2D eigenvalue weighted by Gasteiger charge is -2.29. The van der Waals surface area contributed by atoms with E-state index < -0.39 is 6.04 Å². The van der Waals surface area contributed by atoms with Gasteiger partial charge in [0.25, 0.3) is 0 Å². The maximum atomic E-state index is 12.5. The van der Waals surface area contributed by atoms with Gasteiger partial charge in [-0.3, -0.25) is 4.79 Å². The number of phenolic OH excluding ortho intramolecular Hbond substituents is 2. The molecule has 1 saturated carbocycles. The lowest BCUT2D eigenvalue weighted by Crippen LogP contribution is -2.48. The van der Waals surface area contributed by atoms with Crippen molar-refractivity contribution in [1.29, 1.82) is 0 Å². The van der Waals surface area contributed by atoms with Crippen molar-refractivity contribution in [2.75, 3.05) is 6.54 Å². The Kier molecular flexibility index (Phi) is 4.73. The maximum absolute atomic E-state index is 12.5. The van der Waals surface area contributed by atoms with Crippen LogP contribution in [-0.2, 0) is 11.2 Å². The predicted octanol–water partition coefficient (Wildman–Crippen LogP) is 1.61. The second-order valence-electron chi connectivity index (χ2n) is 6.16. The molecule has 0 aliphatic heterocycles. The number of aromatic hydroxyl groups is 2. The first-order valence-electron chi connectivity index (χ1n) is 7.45. The summed E-state index contributed by atoms with van der Waals surface area (Å²) in [5.41, 5.74) is 6.77. The minimum Gasteiger partial charge on any atom is -0.504 e. The number of phenols is 2. The van der Waals surface area contributed by atoms with E-state index in [1.807, 2.05) is 18.7 Å². The van der Waals surface area contributed by atoms with Crippen molar-refractivity contribution >= 4 is 5.91 Å². The van der Waals surface area contributed by atoms with Gasteiger partial charge in [0.2, 0.25) is 5.91 Å². The Bertz CT molecular complexity index is 512.